The van der Waals surface area contributed by atoms with E-state index >= 15 is 0 Å². The van der Waals surface area contributed by atoms with Crippen LogP contribution in [0.25, 0.3) is 0 Å². The Morgan fingerprint density at radius 2 is 1.83 bits per heavy atom. The maximum absolute atomic E-state index is 5.34. The zero-order valence-corrected chi connectivity index (χ0v) is 13.7. The van der Waals surface area contributed by atoms with Gasteiger partial charge in [0.1, 0.15) is 0 Å². The van der Waals surface area contributed by atoms with Crippen molar-refractivity contribution < 1.29 is 4.74 Å². The van der Waals surface area contributed by atoms with E-state index in [2.05, 4.69) is 61.1 Å². The summed E-state index contributed by atoms with van der Waals surface area (Å²) < 4.78 is 7.55. The van der Waals surface area contributed by atoms with Gasteiger partial charge in [0.25, 0.3) is 0 Å². The van der Waals surface area contributed by atoms with E-state index in [1.165, 1.54) is 5.56 Å². The van der Waals surface area contributed by atoms with Gasteiger partial charge in [-0.25, -0.2) is 0 Å². The summed E-state index contributed by atoms with van der Waals surface area (Å²) in [6, 6.07) is 4.25. The number of hydrogen-bond donors (Lipinski definition) is 1. The third-order valence-corrected chi connectivity index (χ3v) is 4.27. The average Bonchev–Trinajstić information content (AvgIpc) is 2.34. The summed E-state index contributed by atoms with van der Waals surface area (Å²) in [5.74, 6) is 0. The van der Waals surface area contributed by atoms with Crippen molar-refractivity contribution in [2.24, 2.45) is 0 Å². The molecule has 0 atom stereocenters. The first-order valence-electron chi connectivity index (χ1n) is 6.16. The molecular weight excluding hydrogens is 360 g/mol. The Balaban J connectivity index is 1.86. The lowest BCUT2D eigenvalue weighted by molar-refractivity contribution is 0.0398. The molecule has 0 bridgehead atoms. The van der Waals surface area contributed by atoms with Gasteiger partial charge in [-0.15, -0.1) is 0 Å². The van der Waals surface area contributed by atoms with Gasteiger partial charge in [-0.05, 0) is 56.5 Å². The Labute approximate surface area is 125 Å². The molecule has 0 spiro atoms. The van der Waals surface area contributed by atoms with Gasteiger partial charge < -0.3 is 10.1 Å². The number of anilines is 1. The number of morpholine rings is 1. The van der Waals surface area contributed by atoms with Crippen LogP contribution in [0.4, 0.5) is 5.69 Å². The summed E-state index contributed by atoms with van der Waals surface area (Å²) in [5, 5.41) is 3.48. The number of nitrogens with one attached hydrogen (secondary N) is 1. The molecule has 1 heterocycles. The molecule has 5 heteroatoms. The summed E-state index contributed by atoms with van der Waals surface area (Å²) in [6.45, 7) is 7.88. The molecule has 100 valence electrons. The van der Waals surface area contributed by atoms with Crippen molar-refractivity contribution in [3.05, 3.63) is 26.6 Å². The predicted octanol–water partition coefficient (Wildman–Crippen LogP) is 3.26. The monoisotopic (exact) mass is 376 g/mol. The van der Waals surface area contributed by atoms with E-state index in [0.29, 0.717) is 0 Å². The van der Waals surface area contributed by atoms with E-state index in [0.717, 1.165) is 54.0 Å². The summed E-state index contributed by atoms with van der Waals surface area (Å²) in [5.41, 5.74) is 2.38. The smallest absolute Gasteiger partial charge is 0.0629 e. The SMILES string of the molecule is Cc1cc(Br)c(NCCN2CCOCC2)c(Br)c1. The molecule has 1 fully saturated rings. The normalized spacial score (nSPS) is 16.8. The van der Waals surface area contributed by atoms with Crippen LogP contribution in [-0.4, -0.2) is 44.3 Å². The highest BCUT2D eigenvalue weighted by Crippen LogP contribution is 2.32. The van der Waals surface area contributed by atoms with Gasteiger partial charge in [-0.2, -0.15) is 0 Å². The molecule has 0 radical (unpaired) electrons. The lowest BCUT2D eigenvalue weighted by Crippen LogP contribution is -2.39. The molecule has 1 N–H and O–H groups in total. The number of halogens is 2. The minimum absolute atomic E-state index is 0.859. The molecular formula is C13H18Br2N2O. The largest absolute Gasteiger partial charge is 0.382 e. The maximum atomic E-state index is 5.34. The number of aryl methyl sites for hydroxylation is 1. The lowest BCUT2D eigenvalue weighted by atomic mass is 10.2. The molecule has 0 saturated carbocycles. The number of hydrogen-bond acceptors (Lipinski definition) is 3. The van der Waals surface area contributed by atoms with Crippen molar-refractivity contribution in [2.75, 3.05) is 44.7 Å². The fourth-order valence-electron chi connectivity index (χ4n) is 2.03. The second kappa shape index (κ2) is 6.89. The van der Waals surface area contributed by atoms with Crippen LogP contribution >= 0.6 is 31.9 Å². The summed E-state index contributed by atoms with van der Waals surface area (Å²) in [6.07, 6.45) is 0. The molecule has 2 rings (SSSR count). The first kappa shape index (κ1) is 14.3. The highest BCUT2D eigenvalue weighted by atomic mass is 79.9. The average molecular weight is 378 g/mol. The summed E-state index contributed by atoms with van der Waals surface area (Å²) >= 11 is 7.20. The van der Waals surface area contributed by atoms with Gasteiger partial charge in [0.15, 0.2) is 0 Å². The predicted molar refractivity (Wildman–Crippen MR) is 82.3 cm³/mol. The van der Waals surface area contributed by atoms with E-state index in [4.69, 9.17) is 4.74 Å². The molecule has 1 aliphatic heterocycles. The van der Waals surface area contributed by atoms with Crippen molar-refractivity contribution in [3.63, 3.8) is 0 Å². The first-order valence-corrected chi connectivity index (χ1v) is 7.75. The number of nitrogens with zero attached hydrogens (tertiary/aromatic N) is 1. The van der Waals surface area contributed by atoms with Crippen LogP contribution < -0.4 is 5.32 Å². The van der Waals surface area contributed by atoms with Gasteiger partial charge in [-0.1, -0.05) is 0 Å². The van der Waals surface area contributed by atoms with Gasteiger partial charge in [-0.3, -0.25) is 4.90 Å². The van der Waals surface area contributed by atoms with Crippen LogP contribution in [0.3, 0.4) is 0 Å². The number of benzene rings is 1. The Hall–Kier alpha value is -0.100. The standard InChI is InChI=1S/C13H18Br2N2O/c1-10-8-11(14)13(12(15)9-10)16-2-3-17-4-6-18-7-5-17/h8-9,16H,2-7H2,1H3. The summed E-state index contributed by atoms with van der Waals surface area (Å²) in [7, 11) is 0. The van der Waals surface area contributed by atoms with Crippen LogP contribution in [0, 0.1) is 6.92 Å². The molecule has 18 heavy (non-hydrogen) atoms. The minimum Gasteiger partial charge on any atom is -0.382 e. The van der Waals surface area contributed by atoms with E-state index in [9.17, 15) is 0 Å². The Kier molecular flexibility index (Phi) is 5.48. The van der Waals surface area contributed by atoms with Crippen molar-refractivity contribution in [1.82, 2.24) is 4.90 Å². The maximum Gasteiger partial charge on any atom is 0.0629 e. The molecule has 1 aromatic rings. The van der Waals surface area contributed by atoms with Gasteiger partial charge in [0.2, 0.25) is 0 Å². The second-order valence-electron chi connectivity index (χ2n) is 4.48. The van der Waals surface area contributed by atoms with Gasteiger partial charge in [0.05, 0.1) is 18.9 Å². The fourth-order valence-corrected chi connectivity index (χ4v) is 3.73. The highest BCUT2D eigenvalue weighted by Gasteiger charge is 2.10. The highest BCUT2D eigenvalue weighted by molar-refractivity contribution is 9.11. The number of ether oxygens (including phenoxy) is 1. The van der Waals surface area contributed by atoms with E-state index in [1.54, 1.807) is 0 Å². The van der Waals surface area contributed by atoms with Crippen LogP contribution in [0.5, 0.6) is 0 Å². The zero-order valence-electron chi connectivity index (χ0n) is 10.5. The molecule has 0 aromatic heterocycles. The number of rotatable bonds is 4. The quantitative estimate of drug-likeness (QED) is 0.871. The van der Waals surface area contributed by atoms with Crippen molar-refractivity contribution in [2.45, 2.75) is 6.92 Å². The van der Waals surface area contributed by atoms with Crippen molar-refractivity contribution in [1.29, 1.82) is 0 Å². The van der Waals surface area contributed by atoms with Crippen LogP contribution in [0.1, 0.15) is 5.56 Å². The van der Waals surface area contributed by atoms with Crippen LogP contribution in [0.2, 0.25) is 0 Å². The third-order valence-electron chi connectivity index (χ3n) is 3.02. The third kappa shape index (κ3) is 3.95. The Morgan fingerprint density at radius 3 is 2.44 bits per heavy atom. The lowest BCUT2D eigenvalue weighted by Gasteiger charge is -2.26. The molecule has 1 aromatic carbocycles. The second-order valence-corrected chi connectivity index (χ2v) is 6.19. The van der Waals surface area contributed by atoms with Gasteiger partial charge >= 0.3 is 0 Å². The molecule has 0 unspecified atom stereocenters. The van der Waals surface area contributed by atoms with Crippen LogP contribution in [-0.2, 0) is 4.74 Å². The Morgan fingerprint density at radius 1 is 1.22 bits per heavy atom. The van der Waals surface area contributed by atoms with Crippen LogP contribution in [0.15, 0.2) is 21.1 Å². The fraction of sp³-hybridized carbons (Fsp3) is 0.538. The first-order chi connectivity index (χ1) is 8.66. The zero-order chi connectivity index (χ0) is 13.0. The molecule has 1 saturated heterocycles. The molecule has 0 aliphatic carbocycles. The molecule has 3 nitrogen and oxygen atoms in total. The van der Waals surface area contributed by atoms with E-state index < -0.39 is 0 Å². The van der Waals surface area contributed by atoms with Crippen molar-refractivity contribution >= 4 is 37.5 Å². The molecule has 1 aliphatic rings. The molecule has 0 amide bonds. The van der Waals surface area contributed by atoms with Crippen molar-refractivity contribution in [3.8, 4) is 0 Å². The topological polar surface area (TPSA) is 24.5 Å². The van der Waals surface area contributed by atoms with Gasteiger partial charge in [0, 0.05) is 35.1 Å². The Bertz CT molecular complexity index is 383. The van der Waals surface area contributed by atoms with E-state index in [1.807, 2.05) is 0 Å². The summed E-state index contributed by atoms with van der Waals surface area (Å²) in [4.78, 5) is 2.42. The van der Waals surface area contributed by atoms with E-state index in [-0.39, 0.29) is 0 Å². The minimum atomic E-state index is 0.859.